The number of nitrogens with one attached hydrogen (secondary N) is 2. The summed E-state index contributed by atoms with van der Waals surface area (Å²) >= 11 is 4.58. The third kappa shape index (κ3) is 1.84. The van der Waals surface area contributed by atoms with Crippen molar-refractivity contribution in [2.24, 2.45) is 0 Å². The van der Waals surface area contributed by atoms with Gasteiger partial charge >= 0.3 is 12.3 Å². The molecule has 1 heterocycles. The van der Waals surface area contributed by atoms with Gasteiger partial charge in [-0.2, -0.15) is 13.9 Å². The molecule has 0 spiro atoms. The summed E-state index contributed by atoms with van der Waals surface area (Å²) in [4.78, 5) is 10.4. The van der Waals surface area contributed by atoms with E-state index in [9.17, 15) is 13.6 Å². The number of hydrogen-bond donors (Lipinski definition) is 2. The molecule has 8 heteroatoms. The molecule has 12 heavy (non-hydrogen) atoms. The molecule has 0 saturated heterocycles. The van der Waals surface area contributed by atoms with Crippen molar-refractivity contribution in [1.82, 2.24) is 14.9 Å². The summed E-state index contributed by atoms with van der Waals surface area (Å²) in [5.74, 6) is -1.42. The van der Waals surface area contributed by atoms with Gasteiger partial charge in [0.25, 0.3) is 0 Å². The molecule has 1 rings (SSSR count). The summed E-state index contributed by atoms with van der Waals surface area (Å²) in [5.41, 5.74) is 1.82. The highest BCUT2D eigenvalue weighted by molar-refractivity contribution is 7.71. The van der Waals surface area contributed by atoms with Gasteiger partial charge in [0, 0.05) is 0 Å². The van der Waals surface area contributed by atoms with E-state index < -0.39 is 12.3 Å². The Morgan fingerprint density at radius 2 is 2.50 bits per heavy atom. The maximum Gasteiger partial charge on any atom is 0.317 e. The van der Waals surface area contributed by atoms with Crippen LogP contribution >= 0.6 is 12.2 Å². The van der Waals surface area contributed by atoms with Crippen molar-refractivity contribution in [1.29, 1.82) is 0 Å². The van der Waals surface area contributed by atoms with Gasteiger partial charge in [0.2, 0.25) is 4.77 Å². The summed E-state index contributed by atoms with van der Waals surface area (Å²) in [5, 5.41) is 5.69. The topological polar surface area (TPSA) is 62.7 Å². The average Bonchev–Trinajstić information content (AvgIpc) is 2.36. The minimum absolute atomic E-state index is 0.0454. The van der Waals surface area contributed by atoms with Gasteiger partial charge < -0.3 is 0 Å². The molecule has 0 aliphatic rings. The number of aromatic amines is 1. The normalized spacial score (nSPS) is 10.2. The lowest BCUT2D eigenvalue weighted by Gasteiger charge is -2.01. The summed E-state index contributed by atoms with van der Waals surface area (Å²) in [6.07, 6.45) is -1.98. The van der Waals surface area contributed by atoms with Gasteiger partial charge in [0.1, 0.15) is 6.33 Å². The van der Waals surface area contributed by atoms with Gasteiger partial charge in [-0.25, -0.2) is 4.68 Å². The van der Waals surface area contributed by atoms with Crippen molar-refractivity contribution in [3.63, 3.8) is 0 Å². The second kappa shape index (κ2) is 3.39. The second-order valence-corrected chi connectivity index (χ2v) is 2.19. The van der Waals surface area contributed by atoms with Gasteiger partial charge in [-0.3, -0.25) is 15.3 Å². The summed E-state index contributed by atoms with van der Waals surface area (Å²) in [7, 11) is 0. The fourth-order valence-electron chi connectivity index (χ4n) is 0.495. The third-order valence-corrected chi connectivity index (χ3v) is 1.27. The second-order valence-electron chi connectivity index (χ2n) is 1.81. The van der Waals surface area contributed by atoms with E-state index in [-0.39, 0.29) is 4.77 Å². The Morgan fingerprint density at radius 1 is 1.83 bits per heavy atom. The standard InChI is InChI=1S/C4H4F2N4OS/c5-2(6)3(11)9-10-1-7-8-4(10)12/h1-2H,(H,8,12)(H,9,11). The Balaban J connectivity index is 2.71. The van der Waals surface area contributed by atoms with Crippen LogP contribution in [-0.4, -0.2) is 27.2 Å². The lowest BCUT2D eigenvalue weighted by atomic mass is 10.7. The van der Waals surface area contributed by atoms with Crippen LogP contribution in [0.3, 0.4) is 0 Å². The van der Waals surface area contributed by atoms with Crippen molar-refractivity contribution < 1.29 is 13.6 Å². The first-order valence-electron chi connectivity index (χ1n) is 2.82. The number of carbonyl (C=O) groups excluding carboxylic acids is 1. The van der Waals surface area contributed by atoms with Gasteiger partial charge in [-0.05, 0) is 12.2 Å². The van der Waals surface area contributed by atoms with E-state index in [4.69, 9.17) is 0 Å². The highest BCUT2D eigenvalue weighted by atomic mass is 32.1. The molecule has 0 fully saturated rings. The van der Waals surface area contributed by atoms with Gasteiger partial charge in [0.15, 0.2) is 0 Å². The lowest BCUT2D eigenvalue weighted by molar-refractivity contribution is -0.127. The summed E-state index contributed by atoms with van der Waals surface area (Å²) in [6.45, 7) is 0. The van der Waals surface area contributed by atoms with Crippen LogP contribution in [0.4, 0.5) is 8.78 Å². The van der Waals surface area contributed by atoms with Crippen molar-refractivity contribution in [2.75, 3.05) is 5.43 Å². The quantitative estimate of drug-likeness (QED) is 0.664. The monoisotopic (exact) mass is 194 g/mol. The Hall–Kier alpha value is -1.31. The van der Waals surface area contributed by atoms with Crippen LogP contribution in [0.15, 0.2) is 6.33 Å². The zero-order valence-electron chi connectivity index (χ0n) is 5.62. The van der Waals surface area contributed by atoms with Gasteiger partial charge in [-0.1, -0.05) is 0 Å². The van der Waals surface area contributed by atoms with Gasteiger partial charge in [0.05, 0.1) is 0 Å². The number of alkyl halides is 2. The molecule has 0 aliphatic carbocycles. The van der Waals surface area contributed by atoms with Crippen LogP contribution < -0.4 is 5.43 Å². The largest absolute Gasteiger partial charge is 0.317 e. The first-order chi connectivity index (χ1) is 5.61. The molecule has 0 unspecified atom stereocenters. The maximum atomic E-state index is 11.7. The predicted molar refractivity (Wildman–Crippen MR) is 37.8 cm³/mol. The molecule has 5 nitrogen and oxygen atoms in total. The highest BCUT2D eigenvalue weighted by Crippen LogP contribution is 1.92. The molecule has 1 amide bonds. The van der Waals surface area contributed by atoms with Crippen molar-refractivity contribution in [3.8, 4) is 0 Å². The van der Waals surface area contributed by atoms with E-state index in [1.54, 1.807) is 0 Å². The SMILES string of the molecule is O=C(Nn1cn[nH]c1=S)C(F)F. The molecular formula is C4H4F2N4OS. The first-order valence-corrected chi connectivity index (χ1v) is 3.23. The number of halogens is 2. The van der Waals surface area contributed by atoms with E-state index in [1.807, 2.05) is 5.43 Å². The molecule has 0 aromatic carbocycles. The molecule has 0 saturated carbocycles. The fraction of sp³-hybridized carbons (Fsp3) is 0.250. The summed E-state index contributed by atoms with van der Waals surface area (Å²) in [6, 6.07) is 0. The van der Waals surface area contributed by atoms with E-state index in [1.165, 1.54) is 0 Å². The van der Waals surface area contributed by atoms with E-state index >= 15 is 0 Å². The minimum Gasteiger partial charge on any atom is -0.267 e. The zero-order chi connectivity index (χ0) is 9.14. The van der Waals surface area contributed by atoms with Crippen molar-refractivity contribution >= 4 is 18.1 Å². The molecule has 0 atom stereocenters. The number of rotatable bonds is 2. The van der Waals surface area contributed by atoms with Crippen LogP contribution in [-0.2, 0) is 4.79 Å². The Labute approximate surface area is 70.4 Å². The highest BCUT2D eigenvalue weighted by Gasteiger charge is 2.15. The Kier molecular flexibility index (Phi) is 2.48. The Morgan fingerprint density at radius 3 is 2.92 bits per heavy atom. The van der Waals surface area contributed by atoms with Gasteiger partial charge in [-0.15, -0.1) is 0 Å². The van der Waals surface area contributed by atoms with Crippen LogP contribution in [0.25, 0.3) is 0 Å². The van der Waals surface area contributed by atoms with Crippen molar-refractivity contribution in [3.05, 3.63) is 11.1 Å². The number of aromatic nitrogens is 3. The van der Waals surface area contributed by atoms with E-state index in [0.29, 0.717) is 0 Å². The molecule has 66 valence electrons. The molecule has 1 aromatic rings. The van der Waals surface area contributed by atoms with E-state index in [2.05, 4.69) is 22.4 Å². The number of amides is 1. The number of carbonyl (C=O) groups is 1. The van der Waals surface area contributed by atoms with Crippen LogP contribution in [0, 0.1) is 4.77 Å². The number of hydrogen-bond acceptors (Lipinski definition) is 3. The molecule has 1 aromatic heterocycles. The minimum atomic E-state index is -3.07. The van der Waals surface area contributed by atoms with Crippen LogP contribution in [0.5, 0.6) is 0 Å². The predicted octanol–water partition coefficient (Wildman–Crippen LogP) is 0.276. The maximum absolute atomic E-state index is 11.7. The number of H-pyrrole nitrogens is 1. The van der Waals surface area contributed by atoms with E-state index in [0.717, 1.165) is 11.0 Å². The zero-order valence-corrected chi connectivity index (χ0v) is 6.44. The number of nitrogens with zero attached hydrogens (tertiary/aromatic N) is 2. The molecule has 0 bridgehead atoms. The Bertz CT molecular complexity index is 332. The molecule has 2 N–H and O–H groups in total. The molecule has 0 radical (unpaired) electrons. The average molecular weight is 194 g/mol. The summed E-state index contributed by atoms with van der Waals surface area (Å²) < 4.78 is 24.3. The van der Waals surface area contributed by atoms with Crippen LogP contribution in [0.1, 0.15) is 0 Å². The fourth-order valence-corrected chi connectivity index (χ4v) is 0.641. The smallest absolute Gasteiger partial charge is 0.267 e. The van der Waals surface area contributed by atoms with Crippen molar-refractivity contribution in [2.45, 2.75) is 6.43 Å². The molecular weight excluding hydrogens is 190 g/mol. The molecule has 0 aliphatic heterocycles. The van der Waals surface area contributed by atoms with Crippen LogP contribution in [0.2, 0.25) is 0 Å². The first kappa shape index (κ1) is 8.78. The third-order valence-electron chi connectivity index (χ3n) is 0.981. The lowest BCUT2D eigenvalue weighted by Crippen LogP contribution is -2.27.